The van der Waals surface area contributed by atoms with Gasteiger partial charge in [-0.05, 0) is 68.3 Å². The molecule has 4 N–H and O–H groups in total. The van der Waals surface area contributed by atoms with Gasteiger partial charge in [-0.3, -0.25) is 0 Å². The van der Waals surface area contributed by atoms with Crippen LogP contribution in [0.4, 0.5) is 5.69 Å². The number of hydrogen-bond donors (Lipinski definition) is 4. The van der Waals surface area contributed by atoms with Crippen LogP contribution in [0.1, 0.15) is 22.6 Å². The Labute approximate surface area is 173 Å². The number of rotatable bonds is 5. The molecule has 4 aromatic rings. The van der Waals surface area contributed by atoms with E-state index in [0.717, 1.165) is 39.5 Å². The van der Waals surface area contributed by atoms with Crippen LogP contribution in [0.25, 0.3) is 22.5 Å². The molecule has 0 atom stereocenters. The zero-order chi connectivity index (χ0) is 21.3. The summed E-state index contributed by atoms with van der Waals surface area (Å²) in [4.78, 5) is 26.6. The van der Waals surface area contributed by atoms with Crippen molar-refractivity contribution >= 4 is 5.69 Å². The number of benzene rings is 2. The fraction of sp³-hybridized carbons (Fsp3) is 0.174. The van der Waals surface area contributed by atoms with Crippen molar-refractivity contribution in [3.05, 3.63) is 81.8 Å². The zero-order valence-electron chi connectivity index (χ0n) is 17.1. The number of nitrogens with zero attached hydrogens (tertiary/aromatic N) is 2. The Kier molecular flexibility index (Phi) is 5.10. The summed E-state index contributed by atoms with van der Waals surface area (Å²) >= 11 is 0. The van der Waals surface area contributed by atoms with Gasteiger partial charge in [0.25, 0.3) is 0 Å². The third-order valence-corrected chi connectivity index (χ3v) is 4.99. The van der Waals surface area contributed by atoms with E-state index in [0.29, 0.717) is 17.9 Å². The second kappa shape index (κ2) is 7.87. The van der Waals surface area contributed by atoms with Crippen molar-refractivity contribution < 1.29 is 5.11 Å². The maximum atomic E-state index is 12.2. The van der Waals surface area contributed by atoms with E-state index in [9.17, 15) is 9.90 Å². The zero-order valence-corrected chi connectivity index (χ0v) is 17.1. The minimum absolute atomic E-state index is 0.216. The minimum atomic E-state index is -0.413. The van der Waals surface area contributed by atoms with Gasteiger partial charge in [-0.15, -0.1) is 0 Å². The maximum Gasteiger partial charge on any atom is 0.345 e. The average Bonchev–Trinajstić information content (AvgIpc) is 3.13. The largest absolute Gasteiger partial charge is 0.508 e. The summed E-state index contributed by atoms with van der Waals surface area (Å²) in [7, 11) is 0. The predicted octanol–water partition coefficient (Wildman–Crippen LogP) is 4.07. The molecule has 4 rings (SSSR count). The molecule has 0 aliphatic carbocycles. The lowest BCUT2D eigenvalue weighted by Crippen LogP contribution is -2.12. The number of aryl methyl sites for hydroxylation is 3. The second-order valence-corrected chi connectivity index (χ2v) is 7.35. The predicted molar refractivity (Wildman–Crippen MR) is 118 cm³/mol. The summed E-state index contributed by atoms with van der Waals surface area (Å²) < 4.78 is 0. The number of H-pyrrole nitrogens is 2. The highest BCUT2D eigenvalue weighted by Gasteiger charge is 2.10. The fourth-order valence-corrected chi connectivity index (χ4v) is 3.39. The molecule has 0 amide bonds. The number of hydrogen-bond acceptors (Lipinski definition) is 5. The number of phenols is 1. The van der Waals surface area contributed by atoms with Crippen LogP contribution < -0.4 is 11.0 Å². The lowest BCUT2D eigenvalue weighted by Gasteiger charge is -2.11. The minimum Gasteiger partial charge on any atom is -0.508 e. The van der Waals surface area contributed by atoms with Crippen molar-refractivity contribution in [3.8, 4) is 28.3 Å². The highest BCUT2D eigenvalue weighted by atomic mass is 16.3. The molecule has 2 aromatic carbocycles. The highest BCUT2D eigenvalue weighted by Crippen LogP contribution is 2.28. The summed E-state index contributed by atoms with van der Waals surface area (Å²) in [5.41, 5.74) is 6.22. The molecular formula is C23H23N5O2. The van der Waals surface area contributed by atoms with Gasteiger partial charge in [-0.1, -0.05) is 6.07 Å². The van der Waals surface area contributed by atoms with E-state index >= 15 is 0 Å². The third kappa shape index (κ3) is 4.10. The van der Waals surface area contributed by atoms with Gasteiger partial charge in [-0.25, -0.2) is 9.78 Å². The van der Waals surface area contributed by atoms with Crippen molar-refractivity contribution in [3.63, 3.8) is 0 Å². The summed E-state index contributed by atoms with van der Waals surface area (Å²) in [5, 5.41) is 13.1. The standard InChI is InChI=1S/C23H23N5O2/c1-13-9-17(25-12-18-11-24-15(3)26-18)5-6-19(13)21-10-20(27-23(30)28-21)16-4-7-22(29)14(2)8-16/h4-11,25,29H,12H2,1-3H3,(H,24,26)(H,27,28,30). The highest BCUT2D eigenvalue weighted by molar-refractivity contribution is 5.72. The molecule has 7 nitrogen and oxygen atoms in total. The quantitative estimate of drug-likeness (QED) is 0.403. The number of aromatic nitrogens is 4. The van der Waals surface area contributed by atoms with Crippen LogP contribution in [-0.4, -0.2) is 25.0 Å². The number of anilines is 1. The Morgan fingerprint density at radius 1 is 1.00 bits per heavy atom. The van der Waals surface area contributed by atoms with E-state index < -0.39 is 5.69 Å². The molecule has 2 heterocycles. The molecule has 0 spiro atoms. The van der Waals surface area contributed by atoms with Gasteiger partial charge < -0.3 is 20.4 Å². The van der Waals surface area contributed by atoms with Crippen LogP contribution in [0.5, 0.6) is 5.75 Å². The normalized spacial score (nSPS) is 10.9. The van der Waals surface area contributed by atoms with Crippen LogP contribution in [0.3, 0.4) is 0 Å². The summed E-state index contributed by atoms with van der Waals surface area (Å²) in [6.07, 6.45) is 1.89. The van der Waals surface area contributed by atoms with Crippen LogP contribution in [0, 0.1) is 20.8 Å². The number of aromatic hydroxyl groups is 1. The number of aromatic amines is 2. The van der Waals surface area contributed by atoms with E-state index in [2.05, 4.69) is 25.3 Å². The topological polar surface area (TPSA) is 107 Å². The molecule has 0 fully saturated rings. The molecule has 0 unspecified atom stereocenters. The molecule has 2 aromatic heterocycles. The SMILES string of the molecule is Cc1nc(CNc2ccc(-c3cc(-c4ccc(O)c(C)c4)nc(=O)[nH]3)c(C)c2)c[nH]1. The summed E-state index contributed by atoms with van der Waals surface area (Å²) in [5.74, 6) is 1.10. The van der Waals surface area contributed by atoms with Gasteiger partial charge >= 0.3 is 5.69 Å². The van der Waals surface area contributed by atoms with E-state index in [4.69, 9.17) is 0 Å². The van der Waals surface area contributed by atoms with Gasteiger partial charge in [-0.2, -0.15) is 4.98 Å². The molecule has 0 bridgehead atoms. The molecule has 30 heavy (non-hydrogen) atoms. The molecular weight excluding hydrogens is 378 g/mol. The Bertz CT molecular complexity index is 1270. The van der Waals surface area contributed by atoms with Crippen LogP contribution in [0.15, 0.2) is 53.5 Å². The lowest BCUT2D eigenvalue weighted by atomic mass is 10.0. The first-order chi connectivity index (χ1) is 14.4. The van der Waals surface area contributed by atoms with Crippen LogP contribution in [-0.2, 0) is 6.54 Å². The number of imidazole rings is 1. The molecule has 0 aliphatic heterocycles. The monoisotopic (exact) mass is 401 g/mol. The Morgan fingerprint density at radius 2 is 1.83 bits per heavy atom. The van der Waals surface area contributed by atoms with Gasteiger partial charge in [0, 0.05) is 23.0 Å². The molecule has 152 valence electrons. The first kappa shape index (κ1) is 19.4. The number of phenolic OH excluding ortho intramolecular Hbond substituents is 1. The van der Waals surface area contributed by atoms with Gasteiger partial charge in [0.05, 0.1) is 23.6 Å². The van der Waals surface area contributed by atoms with Crippen molar-refractivity contribution in [2.24, 2.45) is 0 Å². The van der Waals surface area contributed by atoms with Gasteiger partial charge in [0.15, 0.2) is 0 Å². The molecule has 0 radical (unpaired) electrons. The molecule has 0 aliphatic rings. The Balaban J connectivity index is 1.62. The van der Waals surface area contributed by atoms with Crippen molar-refractivity contribution in [2.45, 2.75) is 27.3 Å². The molecule has 7 heteroatoms. The molecule has 0 saturated carbocycles. The maximum absolute atomic E-state index is 12.2. The van der Waals surface area contributed by atoms with Gasteiger partial charge in [0.1, 0.15) is 11.6 Å². The molecule has 0 saturated heterocycles. The first-order valence-corrected chi connectivity index (χ1v) is 9.66. The second-order valence-electron chi connectivity index (χ2n) is 7.35. The van der Waals surface area contributed by atoms with E-state index in [1.54, 1.807) is 12.1 Å². The smallest absolute Gasteiger partial charge is 0.345 e. The van der Waals surface area contributed by atoms with Crippen molar-refractivity contribution in [1.82, 2.24) is 19.9 Å². The van der Waals surface area contributed by atoms with E-state index in [-0.39, 0.29) is 5.75 Å². The summed E-state index contributed by atoms with van der Waals surface area (Å²) in [6.45, 7) is 6.36. The number of nitrogens with one attached hydrogen (secondary N) is 3. The summed E-state index contributed by atoms with van der Waals surface area (Å²) in [6, 6.07) is 13.0. The van der Waals surface area contributed by atoms with Crippen LogP contribution >= 0.6 is 0 Å². The first-order valence-electron chi connectivity index (χ1n) is 9.66. The Morgan fingerprint density at radius 3 is 2.53 bits per heavy atom. The van der Waals surface area contributed by atoms with Gasteiger partial charge in [0.2, 0.25) is 0 Å². The van der Waals surface area contributed by atoms with E-state index in [1.807, 2.05) is 57.3 Å². The average molecular weight is 401 g/mol. The third-order valence-electron chi connectivity index (χ3n) is 4.99. The van der Waals surface area contributed by atoms with Crippen molar-refractivity contribution in [1.29, 1.82) is 0 Å². The van der Waals surface area contributed by atoms with Crippen LogP contribution in [0.2, 0.25) is 0 Å². The fourth-order valence-electron chi connectivity index (χ4n) is 3.39. The van der Waals surface area contributed by atoms with Crippen molar-refractivity contribution in [2.75, 3.05) is 5.32 Å². The van der Waals surface area contributed by atoms with E-state index in [1.165, 1.54) is 0 Å². The Hall–Kier alpha value is -3.87. The lowest BCUT2D eigenvalue weighted by molar-refractivity contribution is 0.471.